The van der Waals surface area contributed by atoms with Gasteiger partial charge in [-0.05, 0) is 31.6 Å². The second-order valence-electron chi connectivity index (χ2n) is 6.07. The van der Waals surface area contributed by atoms with E-state index in [2.05, 4.69) is 41.9 Å². The van der Waals surface area contributed by atoms with Gasteiger partial charge in [0, 0.05) is 36.7 Å². The Labute approximate surface area is 137 Å². The second-order valence-corrected chi connectivity index (χ2v) is 6.07. The molecule has 118 valence electrons. The minimum Gasteiger partial charge on any atom is -0.375 e. The zero-order valence-corrected chi connectivity index (χ0v) is 13.3. The van der Waals surface area contributed by atoms with Gasteiger partial charge in [0.15, 0.2) is 0 Å². The summed E-state index contributed by atoms with van der Waals surface area (Å²) >= 11 is 0. The Balaban J connectivity index is 1.59. The first-order valence-corrected chi connectivity index (χ1v) is 7.98. The Bertz CT molecular complexity index is 641. The number of hydrogen-bond acceptors (Lipinski definition) is 2. The van der Waals surface area contributed by atoms with E-state index in [0.29, 0.717) is 12.6 Å². The molecule has 0 N–H and O–H groups in total. The number of halogens is 1. The molecular weight excluding hydrogens is 289 g/mol. The van der Waals surface area contributed by atoms with Crippen molar-refractivity contribution in [3.63, 3.8) is 0 Å². The van der Waals surface area contributed by atoms with Crippen LogP contribution >= 0.6 is 0 Å². The van der Waals surface area contributed by atoms with Gasteiger partial charge in [-0.2, -0.15) is 0 Å². The highest BCUT2D eigenvalue weighted by atomic mass is 19.1. The quantitative estimate of drug-likeness (QED) is 0.791. The van der Waals surface area contributed by atoms with Gasteiger partial charge in [-0.3, -0.25) is 4.90 Å². The van der Waals surface area contributed by atoms with Crippen molar-refractivity contribution in [1.82, 2.24) is 4.90 Å². The van der Waals surface area contributed by atoms with Crippen molar-refractivity contribution >= 4 is 0 Å². The zero-order chi connectivity index (χ0) is 16.1. The third kappa shape index (κ3) is 4.45. The minimum absolute atomic E-state index is 0.0383. The fourth-order valence-corrected chi connectivity index (χ4v) is 2.88. The van der Waals surface area contributed by atoms with Gasteiger partial charge in [0.05, 0.1) is 12.7 Å². The topological polar surface area (TPSA) is 12.5 Å². The maximum absolute atomic E-state index is 13.2. The van der Waals surface area contributed by atoms with Crippen molar-refractivity contribution in [1.29, 1.82) is 0 Å². The van der Waals surface area contributed by atoms with Gasteiger partial charge in [-0.1, -0.05) is 36.1 Å². The molecule has 0 amide bonds. The van der Waals surface area contributed by atoms with E-state index in [4.69, 9.17) is 4.74 Å². The monoisotopic (exact) mass is 309 g/mol. The fourth-order valence-electron chi connectivity index (χ4n) is 2.88. The van der Waals surface area contributed by atoms with Crippen LogP contribution in [0, 0.1) is 29.9 Å². The van der Waals surface area contributed by atoms with E-state index in [0.717, 1.165) is 25.1 Å². The lowest BCUT2D eigenvalue weighted by atomic mass is 9.99. The van der Waals surface area contributed by atoms with Gasteiger partial charge in [0.25, 0.3) is 0 Å². The largest absolute Gasteiger partial charge is 0.375 e. The molecule has 0 bridgehead atoms. The summed E-state index contributed by atoms with van der Waals surface area (Å²) < 4.78 is 19.1. The lowest BCUT2D eigenvalue weighted by Gasteiger charge is -2.38. The molecule has 0 saturated carbocycles. The van der Waals surface area contributed by atoms with E-state index in [1.54, 1.807) is 0 Å². The van der Waals surface area contributed by atoms with E-state index in [1.165, 1.54) is 12.2 Å². The number of allylic oxidation sites excluding steroid dienone is 4. The summed E-state index contributed by atoms with van der Waals surface area (Å²) in [6.45, 7) is 4.58. The standard InChI is InChI=1S/C20H20FNO/c1-16-15-23-20(12-17-8-5-9-19(21)11-10-17)14-22(16)13-18-6-3-2-4-7-18/h2-3,6,9-11,16-17,20H,12-15H2,1H3. The van der Waals surface area contributed by atoms with E-state index < -0.39 is 0 Å². The molecule has 2 aliphatic rings. The average Bonchev–Trinajstić information content (AvgIpc) is 2.76. The maximum Gasteiger partial charge on any atom is 0.131 e. The fraction of sp³-hybridized carbons (Fsp3) is 0.400. The van der Waals surface area contributed by atoms with Crippen molar-refractivity contribution in [3.05, 3.63) is 60.0 Å². The predicted octanol–water partition coefficient (Wildman–Crippen LogP) is 3.31. The summed E-state index contributed by atoms with van der Waals surface area (Å²) in [6, 6.07) is 12.4. The molecule has 0 radical (unpaired) electrons. The lowest BCUT2D eigenvalue weighted by Crippen LogP contribution is -2.48. The van der Waals surface area contributed by atoms with Crippen LogP contribution in [0.4, 0.5) is 4.39 Å². The number of hydrogen-bond donors (Lipinski definition) is 0. The molecule has 3 atom stereocenters. The summed E-state index contributed by atoms with van der Waals surface area (Å²) in [4.78, 5) is 2.40. The normalized spacial score (nSPS) is 27.4. The van der Waals surface area contributed by atoms with Crippen molar-refractivity contribution in [2.24, 2.45) is 5.92 Å². The molecular formula is C20H20FNO. The van der Waals surface area contributed by atoms with Gasteiger partial charge < -0.3 is 4.74 Å². The van der Waals surface area contributed by atoms with Gasteiger partial charge in [-0.15, -0.1) is 0 Å². The smallest absolute Gasteiger partial charge is 0.131 e. The molecule has 23 heavy (non-hydrogen) atoms. The molecule has 1 saturated heterocycles. The lowest BCUT2D eigenvalue weighted by molar-refractivity contribution is -0.0662. The van der Waals surface area contributed by atoms with Gasteiger partial charge in [-0.25, -0.2) is 4.39 Å². The first kappa shape index (κ1) is 15.8. The van der Waals surface area contributed by atoms with Crippen LogP contribution in [0.1, 0.15) is 18.9 Å². The van der Waals surface area contributed by atoms with Crippen molar-refractivity contribution < 1.29 is 9.13 Å². The Morgan fingerprint density at radius 1 is 1.43 bits per heavy atom. The van der Waals surface area contributed by atoms with E-state index in [9.17, 15) is 4.39 Å². The van der Waals surface area contributed by atoms with Crippen molar-refractivity contribution in [2.75, 3.05) is 13.2 Å². The number of rotatable bonds is 4. The molecule has 3 unspecified atom stereocenters. The first-order chi connectivity index (χ1) is 11.2. The second kappa shape index (κ2) is 7.47. The zero-order valence-electron chi connectivity index (χ0n) is 13.3. The molecule has 0 aromatic heterocycles. The van der Waals surface area contributed by atoms with Gasteiger partial charge in [0.2, 0.25) is 0 Å². The van der Waals surface area contributed by atoms with Crippen LogP contribution in [0.5, 0.6) is 0 Å². The highest BCUT2D eigenvalue weighted by molar-refractivity contribution is 5.31. The molecule has 1 aliphatic heterocycles. The third-order valence-corrected chi connectivity index (χ3v) is 4.20. The Morgan fingerprint density at radius 2 is 2.35 bits per heavy atom. The Hall–Kier alpha value is -2.07. The Morgan fingerprint density at radius 3 is 3.17 bits per heavy atom. The number of morpholine rings is 1. The van der Waals surface area contributed by atoms with Crippen LogP contribution < -0.4 is 0 Å². The summed E-state index contributed by atoms with van der Waals surface area (Å²) in [5.41, 5.74) is 1.14. The van der Waals surface area contributed by atoms with Crippen LogP contribution in [0.2, 0.25) is 0 Å². The predicted molar refractivity (Wildman–Crippen MR) is 87.9 cm³/mol. The summed E-state index contributed by atoms with van der Waals surface area (Å²) in [5, 5.41) is 0. The van der Waals surface area contributed by atoms with Crippen LogP contribution in [0.3, 0.4) is 0 Å². The van der Waals surface area contributed by atoms with Gasteiger partial charge >= 0.3 is 0 Å². The third-order valence-electron chi connectivity index (χ3n) is 4.20. The first-order valence-electron chi connectivity index (χ1n) is 7.98. The molecule has 1 aliphatic carbocycles. The highest BCUT2D eigenvalue weighted by Gasteiger charge is 2.27. The van der Waals surface area contributed by atoms with Crippen LogP contribution in [0.25, 0.3) is 0 Å². The Kier molecular flexibility index (Phi) is 5.13. The molecule has 1 aromatic rings. The average molecular weight is 309 g/mol. The summed E-state index contributed by atoms with van der Waals surface area (Å²) in [6.07, 6.45) is 5.53. The molecule has 3 heteroatoms. The minimum atomic E-state index is -0.282. The maximum atomic E-state index is 13.2. The molecule has 0 spiro atoms. The van der Waals surface area contributed by atoms with Gasteiger partial charge in [0.1, 0.15) is 5.83 Å². The molecule has 2 nitrogen and oxygen atoms in total. The van der Waals surface area contributed by atoms with Crippen LogP contribution in [-0.2, 0) is 11.3 Å². The highest BCUT2D eigenvalue weighted by Crippen LogP contribution is 2.21. The summed E-state index contributed by atoms with van der Waals surface area (Å²) in [5.74, 6) is 5.60. The van der Waals surface area contributed by atoms with E-state index in [-0.39, 0.29) is 17.8 Å². The van der Waals surface area contributed by atoms with E-state index in [1.807, 2.05) is 18.2 Å². The SMILES string of the molecule is CC1COC(CC2C#CC=C(F)C=C2)CN1Cc1c#cccc1. The summed E-state index contributed by atoms with van der Waals surface area (Å²) in [7, 11) is 0. The molecule has 3 rings (SSSR count). The molecule has 1 aromatic carbocycles. The van der Waals surface area contributed by atoms with Crippen molar-refractivity contribution in [2.45, 2.75) is 32.0 Å². The molecule has 1 heterocycles. The van der Waals surface area contributed by atoms with Crippen molar-refractivity contribution in [3.8, 4) is 11.8 Å². The number of nitrogens with zero attached hydrogens (tertiary/aromatic N) is 1. The van der Waals surface area contributed by atoms with Crippen LogP contribution in [-0.4, -0.2) is 30.2 Å². The number of ether oxygens (including phenoxy) is 1. The molecule has 1 fully saturated rings. The van der Waals surface area contributed by atoms with E-state index >= 15 is 0 Å². The van der Waals surface area contributed by atoms with Crippen LogP contribution in [0.15, 0.2) is 42.3 Å².